The van der Waals surface area contributed by atoms with Crippen LogP contribution in [0.25, 0.3) is 0 Å². The summed E-state index contributed by atoms with van der Waals surface area (Å²) >= 11 is 0. The molecule has 0 aliphatic carbocycles. The molecule has 1 saturated heterocycles. The fourth-order valence-electron chi connectivity index (χ4n) is 1.92. The van der Waals surface area contributed by atoms with E-state index < -0.39 is 0 Å². The number of nitrogens with zero attached hydrogens (tertiary/aromatic N) is 2. The van der Waals surface area contributed by atoms with Crippen molar-refractivity contribution in [3.8, 4) is 5.88 Å². The third-order valence-electron chi connectivity index (χ3n) is 2.94. The average molecular weight is 239 g/mol. The number of aromatic hydroxyl groups is 1. The highest BCUT2D eigenvalue weighted by Gasteiger charge is 2.23. The van der Waals surface area contributed by atoms with E-state index in [1.54, 1.807) is 6.92 Å². The Labute approximate surface area is 99.2 Å². The van der Waals surface area contributed by atoms with Gasteiger partial charge in [-0.05, 0) is 13.5 Å². The van der Waals surface area contributed by atoms with E-state index in [9.17, 15) is 9.90 Å². The number of hydrogen-bond donors (Lipinski definition) is 2. The smallest absolute Gasteiger partial charge is 0.257 e. The largest absolute Gasteiger partial charge is 0.493 e. The molecule has 1 aromatic rings. The summed E-state index contributed by atoms with van der Waals surface area (Å²) in [5, 5.41) is 9.67. The molecule has 2 N–H and O–H groups in total. The summed E-state index contributed by atoms with van der Waals surface area (Å²) in [5.41, 5.74) is 0.0322. The van der Waals surface area contributed by atoms with Crippen LogP contribution in [-0.2, 0) is 11.2 Å². The number of rotatable bonds is 2. The van der Waals surface area contributed by atoms with Gasteiger partial charge in [0.15, 0.2) is 0 Å². The molecule has 0 amide bonds. The van der Waals surface area contributed by atoms with E-state index in [-0.39, 0.29) is 17.5 Å². The normalized spacial score (nSPS) is 21.6. The zero-order valence-corrected chi connectivity index (χ0v) is 10.1. The molecule has 2 heterocycles. The number of aromatic nitrogens is 2. The third-order valence-corrected chi connectivity index (χ3v) is 2.94. The monoisotopic (exact) mass is 239 g/mol. The Hall–Kier alpha value is -1.40. The summed E-state index contributed by atoms with van der Waals surface area (Å²) in [4.78, 5) is 20.5. The molecule has 0 radical (unpaired) electrons. The lowest BCUT2D eigenvalue weighted by Gasteiger charge is -2.29. The highest BCUT2D eigenvalue weighted by molar-refractivity contribution is 5.22. The summed E-state index contributed by atoms with van der Waals surface area (Å²) < 4.78 is 5.53. The minimum atomic E-state index is -0.285. The van der Waals surface area contributed by atoms with Crippen molar-refractivity contribution in [2.24, 2.45) is 0 Å². The van der Waals surface area contributed by atoms with E-state index in [0.29, 0.717) is 31.0 Å². The second kappa shape index (κ2) is 4.85. The van der Waals surface area contributed by atoms with Gasteiger partial charge in [0.25, 0.3) is 5.56 Å². The fourth-order valence-corrected chi connectivity index (χ4v) is 1.92. The van der Waals surface area contributed by atoms with E-state index in [1.807, 2.05) is 7.05 Å². The molecule has 0 saturated carbocycles. The van der Waals surface area contributed by atoms with Crippen molar-refractivity contribution in [2.75, 3.05) is 26.7 Å². The van der Waals surface area contributed by atoms with E-state index >= 15 is 0 Å². The second-order valence-electron chi connectivity index (χ2n) is 4.23. The maximum Gasteiger partial charge on any atom is 0.257 e. The predicted molar refractivity (Wildman–Crippen MR) is 62.1 cm³/mol. The number of likely N-dealkylation sites (N-methyl/N-ethyl adjacent to an activating group) is 1. The summed E-state index contributed by atoms with van der Waals surface area (Å²) in [6, 6.07) is 0. The van der Waals surface area contributed by atoms with Crippen molar-refractivity contribution in [3.63, 3.8) is 0 Å². The van der Waals surface area contributed by atoms with Gasteiger partial charge in [-0.25, -0.2) is 0 Å². The molecule has 94 valence electrons. The van der Waals surface area contributed by atoms with Gasteiger partial charge in [0.1, 0.15) is 11.9 Å². The molecule has 1 atom stereocenters. The molecule has 1 fully saturated rings. The van der Waals surface area contributed by atoms with Crippen LogP contribution in [0.5, 0.6) is 5.88 Å². The molecule has 1 aliphatic rings. The van der Waals surface area contributed by atoms with Crippen molar-refractivity contribution < 1.29 is 9.84 Å². The Kier molecular flexibility index (Phi) is 3.44. The maximum absolute atomic E-state index is 11.7. The Morgan fingerprint density at radius 2 is 2.41 bits per heavy atom. The number of ether oxygens (including phenoxy) is 1. The first-order valence-electron chi connectivity index (χ1n) is 5.74. The molecule has 1 aliphatic heterocycles. The van der Waals surface area contributed by atoms with Gasteiger partial charge < -0.3 is 19.7 Å². The van der Waals surface area contributed by atoms with Crippen molar-refractivity contribution in [2.45, 2.75) is 19.4 Å². The fraction of sp³-hybridized carbons (Fsp3) is 0.636. The topological polar surface area (TPSA) is 78.5 Å². The van der Waals surface area contributed by atoms with Gasteiger partial charge in [0.05, 0.1) is 12.2 Å². The molecule has 2 rings (SSSR count). The molecule has 0 aromatic carbocycles. The van der Waals surface area contributed by atoms with Crippen LogP contribution in [0, 0.1) is 0 Å². The van der Waals surface area contributed by atoms with Crippen molar-refractivity contribution in [1.29, 1.82) is 0 Å². The highest BCUT2D eigenvalue weighted by atomic mass is 16.5. The van der Waals surface area contributed by atoms with Gasteiger partial charge in [-0.2, -0.15) is 4.98 Å². The van der Waals surface area contributed by atoms with Gasteiger partial charge in [-0.15, -0.1) is 0 Å². The second-order valence-corrected chi connectivity index (χ2v) is 4.23. The molecular weight excluding hydrogens is 222 g/mol. The van der Waals surface area contributed by atoms with E-state index in [0.717, 1.165) is 6.54 Å². The number of morpholine rings is 1. The van der Waals surface area contributed by atoms with Crippen LogP contribution in [-0.4, -0.2) is 46.7 Å². The Balaban J connectivity index is 2.30. The maximum atomic E-state index is 11.7. The zero-order chi connectivity index (χ0) is 12.4. The highest BCUT2D eigenvalue weighted by Crippen LogP contribution is 2.19. The molecule has 1 unspecified atom stereocenters. The van der Waals surface area contributed by atoms with Crippen LogP contribution in [0.15, 0.2) is 4.79 Å². The molecule has 6 nitrogen and oxygen atoms in total. The molecule has 6 heteroatoms. The van der Waals surface area contributed by atoms with Gasteiger partial charge >= 0.3 is 0 Å². The lowest BCUT2D eigenvalue weighted by Crippen LogP contribution is -2.36. The predicted octanol–water partition coefficient (Wildman–Crippen LogP) is 0.0410. The molecule has 17 heavy (non-hydrogen) atoms. The van der Waals surface area contributed by atoms with Crippen molar-refractivity contribution in [3.05, 3.63) is 21.7 Å². The van der Waals surface area contributed by atoms with Crippen LogP contribution in [0.2, 0.25) is 0 Å². The molecular formula is C11H17N3O3. The van der Waals surface area contributed by atoms with Crippen LogP contribution >= 0.6 is 0 Å². The molecule has 0 spiro atoms. The SMILES string of the molecule is CCc1c(O)nc(C2CN(C)CCO2)[nH]c1=O. The van der Waals surface area contributed by atoms with E-state index in [1.165, 1.54) is 0 Å². The Bertz CT molecular complexity index is 458. The van der Waals surface area contributed by atoms with Crippen molar-refractivity contribution >= 4 is 0 Å². The first-order valence-corrected chi connectivity index (χ1v) is 5.74. The quantitative estimate of drug-likeness (QED) is 0.762. The number of aromatic amines is 1. The van der Waals surface area contributed by atoms with Gasteiger partial charge in [0.2, 0.25) is 5.88 Å². The van der Waals surface area contributed by atoms with E-state index in [4.69, 9.17) is 4.74 Å². The van der Waals surface area contributed by atoms with Crippen LogP contribution in [0.4, 0.5) is 0 Å². The van der Waals surface area contributed by atoms with Crippen LogP contribution in [0.1, 0.15) is 24.4 Å². The molecule has 0 bridgehead atoms. The Morgan fingerprint density at radius 1 is 1.65 bits per heavy atom. The molecule has 1 aromatic heterocycles. The van der Waals surface area contributed by atoms with E-state index in [2.05, 4.69) is 14.9 Å². The zero-order valence-electron chi connectivity index (χ0n) is 10.1. The van der Waals surface area contributed by atoms with Crippen LogP contribution < -0.4 is 5.56 Å². The standard InChI is InChI=1S/C11H17N3O3/c1-3-7-10(15)12-9(13-11(7)16)8-6-14(2)4-5-17-8/h8H,3-6H2,1-2H3,(H2,12,13,15,16). The first-order chi connectivity index (χ1) is 8.11. The van der Waals surface area contributed by atoms with Gasteiger partial charge in [-0.1, -0.05) is 6.92 Å². The first kappa shape index (κ1) is 12.1. The van der Waals surface area contributed by atoms with Gasteiger partial charge in [-0.3, -0.25) is 4.79 Å². The minimum absolute atomic E-state index is 0.192. The summed E-state index contributed by atoms with van der Waals surface area (Å²) in [6.45, 7) is 3.92. The van der Waals surface area contributed by atoms with Crippen molar-refractivity contribution in [1.82, 2.24) is 14.9 Å². The Morgan fingerprint density at radius 3 is 3.00 bits per heavy atom. The van der Waals surface area contributed by atoms with Gasteiger partial charge in [0, 0.05) is 13.1 Å². The minimum Gasteiger partial charge on any atom is -0.493 e. The lowest BCUT2D eigenvalue weighted by atomic mass is 10.2. The number of H-pyrrole nitrogens is 1. The average Bonchev–Trinajstić information content (AvgIpc) is 2.28. The number of nitrogens with one attached hydrogen (secondary N) is 1. The third kappa shape index (κ3) is 2.48. The lowest BCUT2D eigenvalue weighted by molar-refractivity contribution is -0.0258. The summed E-state index contributed by atoms with van der Waals surface area (Å²) in [5.74, 6) is 0.208. The summed E-state index contributed by atoms with van der Waals surface area (Å²) in [6.07, 6.45) is 0.179. The van der Waals surface area contributed by atoms with Crippen LogP contribution in [0.3, 0.4) is 0 Å². The number of hydrogen-bond acceptors (Lipinski definition) is 5. The summed E-state index contributed by atoms with van der Waals surface area (Å²) in [7, 11) is 1.98.